The van der Waals surface area contributed by atoms with E-state index in [0.29, 0.717) is 5.69 Å². The molecule has 1 N–H and O–H groups in total. The highest BCUT2D eigenvalue weighted by Crippen LogP contribution is 2.13. The van der Waals surface area contributed by atoms with Gasteiger partial charge in [-0.1, -0.05) is 11.6 Å². The number of esters is 1. The van der Waals surface area contributed by atoms with Gasteiger partial charge < -0.3 is 4.74 Å². The van der Waals surface area contributed by atoms with Crippen molar-refractivity contribution >= 4 is 33.5 Å². The van der Waals surface area contributed by atoms with Gasteiger partial charge in [0, 0.05) is 5.69 Å². The molecule has 1 aromatic heterocycles. The van der Waals surface area contributed by atoms with E-state index in [0.717, 1.165) is 7.11 Å². The molecular weight excluding hydrogens is 282 g/mol. The summed E-state index contributed by atoms with van der Waals surface area (Å²) in [5.41, 5.74) is 0.499. The van der Waals surface area contributed by atoms with Crippen LogP contribution < -0.4 is 4.72 Å². The maximum absolute atomic E-state index is 11.8. The molecular formula is C9H12ClN3O4S. The minimum atomic E-state index is -3.97. The average Bonchev–Trinajstić information content (AvgIpc) is 2.24. The predicted molar refractivity (Wildman–Crippen MR) is 65.8 cm³/mol. The Labute approximate surface area is 110 Å². The molecule has 0 saturated heterocycles. The Morgan fingerprint density at radius 3 is 2.61 bits per heavy atom. The first kappa shape index (κ1) is 14.7. The minimum absolute atomic E-state index is 0.103. The molecule has 0 bridgehead atoms. The van der Waals surface area contributed by atoms with Gasteiger partial charge in [-0.05, 0) is 19.9 Å². The maximum Gasteiger partial charge on any atom is 0.325 e. The summed E-state index contributed by atoms with van der Waals surface area (Å²) < 4.78 is 30.0. The molecule has 0 aliphatic heterocycles. The number of ether oxygens (including phenoxy) is 1. The number of rotatable bonds is 4. The topological polar surface area (TPSA) is 98.2 Å². The number of halogens is 1. The lowest BCUT2D eigenvalue weighted by atomic mass is 10.5. The normalized spacial score (nSPS) is 12.9. The molecule has 1 heterocycles. The largest absolute Gasteiger partial charge is 0.468 e. The molecule has 1 unspecified atom stereocenters. The molecule has 0 aliphatic carbocycles. The van der Waals surface area contributed by atoms with E-state index in [-0.39, 0.29) is 11.1 Å². The quantitative estimate of drug-likeness (QED) is 0.649. The molecule has 100 valence electrons. The van der Waals surface area contributed by atoms with Crippen molar-refractivity contribution in [1.82, 2.24) is 9.97 Å². The molecule has 9 heteroatoms. The lowest BCUT2D eigenvalue weighted by Crippen LogP contribution is -2.33. The van der Waals surface area contributed by atoms with Crippen molar-refractivity contribution < 1.29 is 17.9 Å². The number of anilines is 1. The third-order valence-corrected chi connectivity index (χ3v) is 3.84. The van der Waals surface area contributed by atoms with Crippen LogP contribution >= 0.6 is 11.6 Å². The van der Waals surface area contributed by atoms with Gasteiger partial charge >= 0.3 is 5.97 Å². The van der Waals surface area contributed by atoms with E-state index in [1.165, 1.54) is 13.0 Å². The monoisotopic (exact) mass is 293 g/mol. The lowest BCUT2D eigenvalue weighted by Gasteiger charge is -2.11. The standard InChI is InChI=1S/C9H12ClN3O4S/c1-5-4-7(10)12-9(11-5)13-18(15,16)6(2)8(14)17-3/h4,6H,1-3H3,(H,11,12,13). The van der Waals surface area contributed by atoms with Gasteiger partial charge in [0.15, 0.2) is 5.25 Å². The second-order valence-corrected chi connectivity index (χ2v) is 5.86. The van der Waals surface area contributed by atoms with Crippen molar-refractivity contribution in [2.75, 3.05) is 11.8 Å². The van der Waals surface area contributed by atoms with Crippen LogP contribution in [0.25, 0.3) is 0 Å². The van der Waals surface area contributed by atoms with E-state index in [4.69, 9.17) is 11.6 Å². The summed E-state index contributed by atoms with van der Waals surface area (Å²) in [7, 11) is -2.86. The van der Waals surface area contributed by atoms with Crippen molar-refractivity contribution in [3.8, 4) is 0 Å². The smallest absolute Gasteiger partial charge is 0.325 e. The number of carbonyl (C=O) groups excluding carboxylic acids is 1. The summed E-state index contributed by atoms with van der Waals surface area (Å²) >= 11 is 5.67. The summed E-state index contributed by atoms with van der Waals surface area (Å²) in [5, 5.41) is -1.27. The van der Waals surface area contributed by atoms with Crippen LogP contribution in [-0.4, -0.2) is 36.7 Å². The van der Waals surface area contributed by atoms with Crippen LogP contribution in [0.2, 0.25) is 5.15 Å². The Morgan fingerprint density at radius 2 is 2.11 bits per heavy atom. The zero-order valence-corrected chi connectivity index (χ0v) is 11.5. The maximum atomic E-state index is 11.8. The molecule has 0 aromatic carbocycles. The highest BCUT2D eigenvalue weighted by atomic mass is 35.5. The summed E-state index contributed by atoms with van der Waals surface area (Å²) in [4.78, 5) is 18.7. The number of methoxy groups -OCH3 is 1. The number of hydrogen-bond acceptors (Lipinski definition) is 6. The summed E-state index contributed by atoms with van der Waals surface area (Å²) in [6.45, 7) is 2.83. The van der Waals surface area contributed by atoms with Crippen LogP contribution in [0, 0.1) is 6.92 Å². The molecule has 0 radical (unpaired) electrons. The second kappa shape index (κ2) is 5.49. The molecule has 0 amide bonds. The van der Waals surface area contributed by atoms with Gasteiger partial charge in [0.1, 0.15) is 5.15 Å². The van der Waals surface area contributed by atoms with Gasteiger partial charge in [-0.25, -0.2) is 18.4 Å². The molecule has 0 fully saturated rings. The molecule has 1 atom stereocenters. The fourth-order valence-corrected chi connectivity index (χ4v) is 2.19. The Hall–Kier alpha value is -1.41. The SMILES string of the molecule is COC(=O)C(C)S(=O)(=O)Nc1nc(C)cc(Cl)n1. The van der Waals surface area contributed by atoms with E-state index >= 15 is 0 Å². The van der Waals surface area contributed by atoms with Gasteiger partial charge in [-0.15, -0.1) is 0 Å². The molecule has 0 aliphatic rings. The Kier molecular flexibility index (Phi) is 4.47. The third-order valence-electron chi connectivity index (χ3n) is 2.06. The van der Waals surface area contributed by atoms with Crippen LogP contribution in [0.1, 0.15) is 12.6 Å². The molecule has 1 rings (SSSR count). The Bertz CT molecular complexity index is 541. The van der Waals surface area contributed by atoms with Gasteiger partial charge in [-0.3, -0.25) is 9.52 Å². The molecule has 0 spiro atoms. The molecule has 1 aromatic rings. The number of aromatic nitrogens is 2. The number of nitrogens with zero attached hydrogens (tertiary/aromatic N) is 2. The van der Waals surface area contributed by atoms with E-state index in [1.807, 2.05) is 0 Å². The minimum Gasteiger partial charge on any atom is -0.468 e. The van der Waals surface area contributed by atoms with E-state index in [2.05, 4.69) is 19.4 Å². The van der Waals surface area contributed by atoms with Crippen LogP contribution in [-0.2, 0) is 19.6 Å². The Balaban J connectivity index is 2.99. The van der Waals surface area contributed by atoms with Crippen molar-refractivity contribution in [1.29, 1.82) is 0 Å². The summed E-state index contributed by atoms with van der Waals surface area (Å²) in [6, 6.07) is 1.48. The molecule has 18 heavy (non-hydrogen) atoms. The number of hydrogen-bond donors (Lipinski definition) is 1. The fourth-order valence-electron chi connectivity index (χ4n) is 1.08. The first-order valence-corrected chi connectivity index (χ1v) is 6.79. The third kappa shape index (κ3) is 3.54. The lowest BCUT2D eigenvalue weighted by molar-refractivity contribution is -0.139. The zero-order valence-electron chi connectivity index (χ0n) is 9.97. The predicted octanol–water partition coefficient (Wildman–Crippen LogP) is 0.742. The van der Waals surface area contributed by atoms with Crippen LogP contribution in [0.15, 0.2) is 6.07 Å². The van der Waals surface area contributed by atoms with Crippen molar-refractivity contribution in [3.05, 3.63) is 16.9 Å². The molecule has 7 nitrogen and oxygen atoms in total. The van der Waals surface area contributed by atoms with Crippen molar-refractivity contribution in [2.24, 2.45) is 0 Å². The van der Waals surface area contributed by atoms with Gasteiger partial charge in [0.25, 0.3) is 0 Å². The van der Waals surface area contributed by atoms with Crippen molar-refractivity contribution in [3.63, 3.8) is 0 Å². The van der Waals surface area contributed by atoms with Crippen LogP contribution in [0.3, 0.4) is 0 Å². The number of nitrogens with one attached hydrogen (secondary N) is 1. The van der Waals surface area contributed by atoms with E-state index in [9.17, 15) is 13.2 Å². The molecule has 0 saturated carbocycles. The van der Waals surface area contributed by atoms with Gasteiger partial charge in [0.2, 0.25) is 16.0 Å². The van der Waals surface area contributed by atoms with E-state index in [1.54, 1.807) is 6.92 Å². The first-order valence-electron chi connectivity index (χ1n) is 4.87. The van der Waals surface area contributed by atoms with E-state index < -0.39 is 21.2 Å². The van der Waals surface area contributed by atoms with Gasteiger partial charge in [-0.2, -0.15) is 0 Å². The van der Waals surface area contributed by atoms with Crippen LogP contribution in [0.5, 0.6) is 0 Å². The number of aryl methyl sites for hydroxylation is 1. The number of carbonyl (C=O) groups is 1. The zero-order chi connectivity index (χ0) is 13.9. The second-order valence-electron chi connectivity index (χ2n) is 3.47. The first-order chi connectivity index (χ1) is 8.26. The van der Waals surface area contributed by atoms with Gasteiger partial charge in [0.05, 0.1) is 7.11 Å². The fraction of sp³-hybridized carbons (Fsp3) is 0.444. The average molecular weight is 294 g/mol. The highest BCUT2D eigenvalue weighted by Gasteiger charge is 2.29. The highest BCUT2D eigenvalue weighted by molar-refractivity contribution is 7.94. The Morgan fingerprint density at radius 1 is 1.50 bits per heavy atom. The van der Waals surface area contributed by atoms with Crippen LogP contribution in [0.4, 0.5) is 5.95 Å². The summed E-state index contributed by atoms with van der Waals surface area (Å²) in [5.74, 6) is -1.06. The number of sulfonamides is 1. The van der Waals surface area contributed by atoms with Crippen molar-refractivity contribution in [2.45, 2.75) is 19.1 Å². The summed E-state index contributed by atoms with van der Waals surface area (Å²) in [6.07, 6.45) is 0.